The molecule has 4 aromatic rings. The van der Waals surface area contributed by atoms with Crippen molar-refractivity contribution in [2.45, 2.75) is 13.3 Å². The summed E-state index contributed by atoms with van der Waals surface area (Å²) in [6.45, 7) is 1.76. The van der Waals surface area contributed by atoms with Gasteiger partial charge in [-0.15, -0.1) is 13.2 Å². The van der Waals surface area contributed by atoms with E-state index in [0.717, 1.165) is 0 Å². The maximum atomic E-state index is 12.7. The van der Waals surface area contributed by atoms with Crippen LogP contribution in [0.4, 0.5) is 18.9 Å². The average molecular weight is 413 g/mol. The molecule has 10 heteroatoms. The molecule has 0 saturated heterocycles. The summed E-state index contributed by atoms with van der Waals surface area (Å²) in [7, 11) is 0. The lowest BCUT2D eigenvalue weighted by Crippen LogP contribution is -2.17. The first kappa shape index (κ1) is 19.4. The summed E-state index contributed by atoms with van der Waals surface area (Å²) >= 11 is 0. The topological polar surface area (TPSA) is 81.4 Å². The number of carbonyl (C=O) groups is 1. The van der Waals surface area contributed by atoms with Gasteiger partial charge in [0.25, 0.3) is 5.91 Å². The molecule has 0 atom stereocenters. The zero-order valence-corrected chi connectivity index (χ0v) is 15.5. The first-order chi connectivity index (χ1) is 14.3. The summed E-state index contributed by atoms with van der Waals surface area (Å²) < 4.78 is 43.7. The highest BCUT2D eigenvalue weighted by atomic mass is 19.4. The fourth-order valence-electron chi connectivity index (χ4n) is 2.85. The van der Waals surface area contributed by atoms with Crippen LogP contribution in [0.1, 0.15) is 16.2 Å². The number of alkyl halides is 3. The van der Waals surface area contributed by atoms with Crippen LogP contribution in [0.5, 0.6) is 5.75 Å². The van der Waals surface area contributed by atoms with Crippen molar-refractivity contribution in [1.82, 2.24) is 19.6 Å². The van der Waals surface area contributed by atoms with Gasteiger partial charge in [0.2, 0.25) is 0 Å². The molecule has 4 rings (SSSR count). The summed E-state index contributed by atoms with van der Waals surface area (Å²) in [5.74, 6) is -0.836. The molecular formula is C20H14F3N5O2. The molecule has 3 aromatic heterocycles. The number of halogens is 3. The third kappa shape index (κ3) is 4.07. The first-order valence-corrected chi connectivity index (χ1v) is 8.75. The highest BCUT2D eigenvalue weighted by Gasteiger charge is 2.32. The Morgan fingerprint density at radius 3 is 2.63 bits per heavy atom. The van der Waals surface area contributed by atoms with Crippen LogP contribution in [0.15, 0.2) is 60.9 Å². The second-order valence-corrected chi connectivity index (χ2v) is 6.30. The van der Waals surface area contributed by atoms with E-state index in [4.69, 9.17) is 0 Å². The van der Waals surface area contributed by atoms with E-state index >= 15 is 0 Å². The summed E-state index contributed by atoms with van der Waals surface area (Å²) in [6.07, 6.45) is -1.91. The Hall–Kier alpha value is -3.95. The van der Waals surface area contributed by atoms with Crippen molar-refractivity contribution < 1.29 is 22.7 Å². The van der Waals surface area contributed by atoms with E-state index in [9.17, 15) is 18.0 Å². The minimum Gasteiger partial charge on any atom is -0.405 e. The Balaban J connectivity index is 1.70. The van der Waals surface area contributed by atoms with Gasteiger partial charge in [-0.05, 0) is 37.3 Å². The standard InChI is InChI=1S/C20H14F3N5O2/c1-12-5-4-7-15(25-12)19(29)27-16-11-24-28-10-9-14(26-18(16)28)13-6-2-3-8-17(13)30-20(21,22)23/h2-11H,1H3,(H,27,29). The fraction of sp³-hybridized carbons (Fsp3) is 0.100. The SMILES string of the molecule is Cc1cccc(C(=O)Nc2cnn3ccc(-c4ccccc4OC(F)(F)F)nc23)n1. The Morgan fingerprint density at radius 1 is 1.07 bits per heavy atom. The van der Waals surface area contributed by atoms with Gasteiger partial charge in [0.1, 0.15) is 17.1 Å². The number of aryl methyl sites for hydroxylation is 1. The van der Waals surface area contributed by atoms with Crippen LogP contribution in [0.25, 0.3) is 16.9 Å². The average Bonchev–Trinajstić information content (AvgIpc) is 3.09. The van der Waals surface area contributed by atoms with E-state index in [1.165, 1.54) is 41.2 Å². The fourth-order valence-corrected chi connectivity index (χ4v) is 2.85. The van der Waals surface area contributed by atoms with Crippen molar-refractivity contribution in [2.24, 2.45) is 0 Å². The van der Waals surface area contributed by atoms with Gasteiger partial charge >= 0.3 is 6.36 Å². The van der Waals surface area contributed by atoms with Crippen molar-refractivity contribution in [3.05, 3.63) is 72.3 Å². The number of carbonyl (C=O) groups excluding carboxylic acids is 1. The number of anilines is 1. The molecule has 1 N–H and O–H groups in total. The van der Waals surface area contributed by atoms with Crippen molar-refractivity contribution >= 4 is 17.2 Å². The molecule has 0 aliphatic carbocycles. The lowest BCUT2D eigenvalue weighted by molar-refractivity contribution is -0.274. The molecule has 1 aromatic carbocycles. The minimum atomic E-state index is -4.84. The highest BCUT2D eigenvalue weighted by Crippen LogP contribution is 2.33. The summed E-state index contributed by atoms with van der Waals surface area (Å²) in [5.41, 5.74) is 1.83. The van der Waals surface area contributed by atoms with Crippen LogP contribution in [-0.4, -0.2) is 31.9 Å². The van der Waals surface area contributed by atoms with Crippen LogP contribution >= 0.6 is 0 Å². The van der Waals surface area contributed by atoms with Gasteiger partial charge in [-0.1, -0.05) is 18.2 Å². The van der Waals surface area contributed by atoms with Crippen molar-refractivity contribution in [2.75, 3.05) is 5.32 Å². The molecular weight excluding hydrogens is 399 g/mol. The normalized spacial score (nSPS) is 11.5. The van der Waals surface area contributed by atoms with Crippen LogP contribution < -0.4 is 10.1 Å². The monoisotopic (exact) mass is 413 g/mol. The molecule has 3 heterocycles. The Labute approximate surface area is 168 Å². The summed E-state index contributed by atoms with van der Waals surface area (Å²) in [5, 5.41) is 6.79. The molecule has 0 fully saturated rings. The molecule has 0 bridgehead atoms. The number of pyridine rings is 1. The van der Waals surface area contributed by atoms with Crippen LogP contribution in [0.2, 0.25) is 0 Å². The minimum absolute atomic E-state index is 0.149. The maximum Gasteiger partial charge on any atom is 0.573 e. The van der Waals surface area contributed by atoms with Gasteiger partial charge < -0.3 is 10.1 Å². The van der Waals surface area contributed by atoms with E-state index in [1.807, 2.05) is 0 Å². The zero-order chi connectivity index (χ0) is 21.3. The Morgan fingerprint density at radius 2 is 1.87 bits per heavy atom. The lowest BCUT2D eigenvalue weighted by Gasteiger charge is -2.13. The van der Waals surface area contributed by atoms with E-state index in [-0.39, 0.29) is 28.3 Å². The Kier molecular flexibility index (Phi) is 4.82. The number of ether oxygens (including phenoxy) is 1. The van der Waals surface area contributed by atoms with Crippen LogP contribution in [-0.2, 0) is 0 Å². The van der Waals surface area contributed by atoms with Gasteiger partial charge in [-0.2, -0.15) is 5.10 Å². The van der Waals surface area contributed by atoms with Gasteiger partial charge in [-0.25, -0.2) is 14.5 Å². The van der Waals surface area contributed by atoms with Crippen LogP contribution in [0.3, 0.4) is 0 Å². The molecule has 0 aliphatic heterocycles. The molecule has 0 aliphatic rings. The number of aromatic nitrogens is 4. The number of hydrogen-bond acceptors (Lipinski definition) is 5. The quantitative estimate of drug-likeness (QED) is 0.541. The molecule has 1 amide bonds. The number of hydrogen-bond donors (Lipinski definition) is 1. The van der Waals surface area contributed by atoms with Gasteiger partial charge in [-0.3, -0.25) is 4.79 Å². The third-order valence-electron chi connectivity index (χ3n) is 4.13. The zero-order valence-electron chi connectivity index (χ0n) is 15.5. The van der Waals surface area contributed by atoms with Crippen molar-refractivity contribution in [3.8, 4) is 17.0 Å². The lowest BCUT2D eigenvalue weighted by atomic mass is 10.1. The molecule has 0 spiro atoms. The van der Waals surface area contributed by atoms with Gasteiger partial charge in [0, 0.05) is 17.5 Å². The molecule has 0 radical (unpaired) electrons. The van der Waals surface area contributed by atoms with Crippen molar-refractivity contribution in [1.29, 1.82) is 0 Å². The number of nitrogens with one attached hydrogen (secondary N) is 1. The number of amides is 1. The predicted molar refractivity (Wildman–Crippen MR) is 102 cm³/mol. The molecule has 7 nitrogen and oxygen atoms in total. The molecule has 0 saturated carbocycles. The number of para-hydroxylation sites is 1. The summed E-state index contributed by atoms with van der Waals surface area (Å²) in [6, 6.07) is 12.2. The van der Waals surface area contributed by atoms with E-state index in [2.05, 4.69) is 25.1 Å². The maximum absolute atomic E-state index is 12.7. The van der Waals surface area contributed by atoms with E-state index < -0.39 is 12.3 Å². The Bertz CT molecular complexity index is 1240. The number of rotatable bonds is 4. The number of benzene rings is 1. The van der Waals surface area contributed by atoms with Gasteiger partial charge in [0.05, 0.1) is 11.9 Å². The summed E-state index contributed by atoms with van der Waals surface area (Å²) in [4.78, 5) is 21.0. The highest BCUT2D eigenvalue weighted by molar-refractivity contribution is 6.04. The predicted octanol–water partition coefficient (Wildman–Crippen LogP) is 4.25. The number of fused-ring (bicyclic) bond motifs is 1. The number of nitrogens with zero attached hydrogens (tertiary/aromatic N) is 4. The second-order valence-electron chi connectivity index (χ2n) is 6.30. The molecule has 152 valence electrons. The largest absolute Gasteiger partial charge is 0.573 e. The van der Waals surface area contributed by atoms with Crippen LogP contribution in [0, 0.1) is 6.92 Å². The molecule has 0 unspecified atom stereocenters. The van der Waals surface area contributed by atoms with Gasteiger partial charge in [0.15, 0.2) is 5.65 Å². The first-order valence-electron chi connectivity index (χ1n) is 8.75. The van der Waals surface area contributed by atoms with E-state index in [0.29, 0.717) is 11.4 Å². The second kappa shape index (κ2) is 7.47. The van der Waals surface area contributed by atoms with E-state index in [1.54, 1.807) is 31.2 Å². The van der Waals surface area contributed by atoms with Crippen molar-refractivity contribution in [3.63, 3.8) is 0 Å². The smallest absolute Gasteiger partial charge is 0.405 e. The molecule has 30 heavy (non-hydrogen) atoms. The third-order valence-corrected chi connectivity index (χ3v) is 4.13.